The van der Waals surface area contributed by atoms with Gasteiger partial charge in [-0.1, -0.05) is 36.2 Å². The van der Waals surface area contributed by atoms with E-state index >= 15 is 0 Å². The van der Waals surface area contributed by atoms with Gasteiger partial charge in [-0.2, -0.15) is 0 Å². The molecule has 0 saturated heterocycles. The maximum atomic E-state index is 12.9. The number of amides is 2. The lowest BCUT2D eigenvalue weighted by Crippen LogP contribution is -2.35. The van der Waals surface area contributed by atoms with Crippen molar-refractivity contribution in [2.45, 2.75) is 26.2 Å². The second-order valence-electron chi connectivity index (χ2n) is 8.00. The Bertz CT molecular complexity index is 1120. The van der Waals surface area contributed by atoms with Crippen LogP contribution in [-0.4, -0.2) is 35.3 Å². The summed E-state index contributed by atoms with van der Waals surface area (Å²) in [6, 6.07) is 10.7. The molecule has 0 fully saturated rings. The van der Waals surface area contributed by atoms with Crippen LogP contribution in [0, 0.1) is 5.92 Å². The van der Waals surface area contributed by atoms with Gasteiger partial charge in [0, 0.05) is 29.2 Å². The quantitative estimate of drug-likeness (QED) is 0.573. The maximum Gasteiger partial charge on any atom is 0.254 e. The van der Waals surface area contributed by atoms with Crippen LogP contribution in [0.4, 0.5) is 5.69 Å². The van der Waals surface area contributed by atoms with Crippen LogP contribution >= 0.6 is 23.2 Å². The second-order valence-corrected chi connectivity index (χ2v) is 8.81. The van der Waals surface area contributed by atoms with E-state index in [0.717, 1.165) is 23.7 Å². The lowest BCUT2D eigenvalue weighted by atomic mass is 9.87. The average Bonchev–Trinajstić information content (AvgIpc) is 3.07. The van der Waals surface area contributed by atoms with Crippen molar-refractivity contribution in [2.75, 3.05) is 18.9 Å². The number of H-pyrrole nitrogens is 1. The number of benzene rings is 2. The molecule has 1 unspecified atom stereocenters. The smallest absolute Gasteiger partial charge is 0.254 e. The molecule has 2 N–H and O–H groups in total. The predicted molar refractivity (Wildman–Crippen MR) is 122 cm³/mol. The Balaban J connectivity index is 1.50. The fraction of sp³-hybridized carbons (Fsp3) is 0.304. The monoisotopic (exact) mass is 443 g/mol. The molecule has 0 aliphatic heterocycles. The molecule has 1 aliphatic carbocycles. The number of aryl methyl sites for hydroxylation is 1. The Kier molecular flexibility index (Phi) is 5.76. The predicted octanol–water partition coefficient (Wildman–Crippen LogP) is 5.31. The van der Waals surface area contributed by atoms with Crippen molar-refractivity contribution in [3.05, 3.63) is 63.3 Å². The number of nitrogens with one attached hydrogen (secondary N) is 2. The fourth-order valence-corrected chi connectivity index (χ4v) is 4.52. The van der Waals surface area contributed by atoms with Gasteiger partial charge < -0.3 is 15.2 Å². The van der Waals surface area contributed by atoms with Gasteiger partial charge in [0.25, 0.3) is 5.91 Å². The summed E-state index contributed by atoms with van der Waals surface area (Å²) in [5.41, 5.74) is 4.55. The highest BCUT2D eigenvalue weighted by Gasteiger charge is 2.22. The third-order valence-corrected chi connectivity index (χ3v) is 6.27. The molecule has 0 spiro atoms. The van der Waals surface area contributed by atoms with Gasteiger partial charge >= 0.3 is 0 Å². The SMILES string of the molecule is CC1CCc2[nH]c3ccc(C(=O)N(C)CC(=O)Nc4c(Cl)cccc4Cl)cc3c2C1. The number of anilines is 1. The molecule has 0 radical (unpaired) electrons. The van der Waals surface area contributed by atoms with Gasteiger partial charge in [-0.25, -0.2) is 0 Å². The van der Waals surface area contributed by atoms with Gasteiger partial charge in [0.05, 0.1) is 22.3 Å². The highest BCUT2D eigenvalue weighted by molar-refractivity contribution is 6.39. The number of carbonyl (C=O) groups is 2. The molecule has 3 aromatic rings. The van der Waals surface area contributed by atoms with Gasteiger partial charge in [0.1, 0.15) is 0 Å². The number of fused-ring (bicyclic) bond motifs is 3. The van der Waals surface area contributed by atoms with E-state index < -0.39 is 0 Å². The molecular weight excluding hydrogens is 421 g/mol. The van der Waals surface area contributed by atoms with E-state index in [1.54, 1.807) is 31.3 Å². The zero-order valence-corrected chi connectivity index (χ0v) is 18.4. The molecule has 2 amide bonds. The summed E-state index contributed by atoms with van der Waals surface area (Å²) < 4.78 is 0. The molecule has 2 aromatic carbocycles. The molecule has 4 rings (SSSR count). The molecule has 0 bridgehead atoms. The Morgan fingerprint density at radius 2 is 1.93 bits per heavy atom. The number of aromatic amines is 1. The number of aromatic nitrogens is 1. The Hall–Kier alpha value is -2.50. The first-order valence-corrected chi connectivity index (χ1v) is 10.7. The van der Waals surface area contributed by atoms with Crippen molar-refractivity contribution in [3.63, 3.8) is 0 Å². The summed E-state index contributed by atoms with van der Waals surface area (Å²) in [6.07, 6.45) is 3.24. The van der Waals surface area contributed by atoms with Crippen LogP contribution in [0.25, 0.3) is 10.9 Å². The Morgan fingerprint density at radius 3 is 2.67 bits per heavy atom. The van der Waals surface area contributed by atoms with E-state index in [-0.39, 0.29) is 18.4 Å². The van der Waals surface area contributed by atoms with Crippen molar-refractivity contribution in [2.24, 2.45) is 5.92 Å². The molecule has 156 valence electrons. The Labute approximate surface area is 185 Å². The number of likely N-dealkylation sites (N-methyl/N-ethyl adjacent to an activating group) is 1. The highest BCUT2D eigenvalue weighted by atomic mass is 35.5. The first-order chi connectivity index (χ1) is 14.3. The molecule has 7 heteroatoms. The van der Waals surface area contributed by atoms with Crippen molar-refractivity contribution < 1.29 is 9.59 Å². The van der Waals surface area contributed by atoms with Crippen molar-refractivity contribution in [1.82, 2.24) is 9.88 Å². The zero-order valence-electron chi connectivity index (χ0n) is 16.9. The van der Waals surface area contributed by atoms with Crippen LogP contribution in [0.15, 0.2) is 36.4 Å². The number of rotatable bonds is 4. The van der Waals surface area contributed by atoms with E-state index in [1.165, 1.54) is 22.6 Å². The third-order valence-electron chi connectivity index (χ3n) is 5.64. The molecule has 1 heterocycles. The lowest BCUT2D eigenvalue weighted by Gasteiger charge is -2.19. The van der Waals surface area contributed by atoms with E-state index in [0.29, 0.717) is 27.2 Å². The first-order valence-electron chi connectivity index (χ1n) is 9.96. The van der Waals surface area contributed by atoms with Crippen molar-refractivity contribution >= 4 is 51.6 Å². The minimum atomic E-state index is -0.366. The molecule has 30 heavy (non-hydrogen) atoms. The maximum absolute atomic E-state index is 12.9. The third kappa shape index (κ3) is 4.05. The highest BCUT2D eigenvalue weighted by Crippen LogP contribution is 2.32. The minimum absolute atomic E-state index is 0.110. The van der Waals surface area contributed by atoms with Gasteiger partial charge in [-0.15, -0.1) is 0 Å². The molecule has 1 aromatic heterocycles. The topological polar surface area (TPSA) is 65.2 Å². The zero-order chi connectivity index (χ0) is 21.4. The summed E-state index contributed by atoms with van der Waals surface area (Å²) in [6.45, 7) is 2.15. The van der Waals surface area contributed by atoms with Crippen molar-refractivity contribution in [3.8, 4) is 0 Å². The van der Waals surface area contributed by atoms with Crippen LogP contribution in [0.5, 0.6) is 0 Å². The van der Waals surface area contributed by atoms with E-state index in [9.17, 15) is 9.59 Å². The lowest BCUT2D eigenvalue weighted by molar-refractivity contribution is -0.116. The molecular formula is C23H23Cl2N3O2. The van der Waals surface area contributed by atoms with E-state index in [2.05, 4.69) is 17.2 Å². The summed E-state index contributed by atoms with van der Waals surface area (Å²) in [5, 5.41) is 4.48. The molecule has 1 atom stereocenters. The number of hydrogen-bond donors (Lipinski definition) is 2. The second kappa shape index (κ2) is 8.32. The number of carbonyl (C=O) groups excluding carboxylic acids is 2. The number of halogens is 2. The molecule has 1 aliphatic rings. The van der Waals surface area contributed by atoms with Gasteiger partial charge in [-0.3, -0.25) is 9.59 Å². The van der Waals surface area contributed by atoms with Gasteiger partial charge in [0.2, 0.25) is 5.91 Å². The van der Waals surface area contributed by atoms with E-state index in [1.807, 2.05) is 12.1 Å². The summed E-state index contributed by atoms with van der Waals surface area (Å²) in [5.74, 6) is 0.0600. The van der Waals surface area contributed by atoms with Gasteiger partial charge in [0.15, 0.2) is 0 Å². The van der Waals surface area contributed by atoms with Crippen LogP contribution in [0.2, 0.25) is 10.0 Å². The molecule has 5 nitrogen and oxygen atoms in total. The summed E-state index contributed by atoms with van der Waals surface area (Å²) >= 11 is 12.2. The minimum Gasteiger partial charge on any atom is -0.358 e. The van der Waals surface area contributed by atoms with Crippen LogP contribution in [-0.2, 0) is 17.6 Å². The Morgan fingerprint density at radius 1 is 1.20 bits per heavy atom. The van der Waals surface area contributed by atoms with Crippen LogP contribution < -0.4 is 5.32 Å². The summed E-state index contributed by atoms with van der Waals surface area (Å²) in [7, 11) is 1.61. The van der Waals surface area contributed by atoms with Crippen LogP contribution in [0.3, 0.4) is 0 Å². The normalized spacial score (nSPS) is 15.7. The number of hydrogen-bond acceptors (Lipinski definition) is 2. The van der Waals surface area contributed by atoms with E-state index in [4.69, 9.17) is 23.2 Å². The summed E-state index contributed by atoms with van der Waals surface area (Å²) in [4.78, 5) is 30.3. The fourth-order valence-electron chi connectivity index (χ4n) is 4.03. The standard InChI is InChI=1S/C23H23Cl2N3O2/c1-13-6-8-19-15(10-13)16-11-14(7-9-20(16)26-19)23(30)28(2)12-21(29)27-22-17(24)4-3-5-18(22)25/h3-5,7,9,11,13,26H,6,8,10,12H2,1-2H3,(H,27,29). The number of nitrogens with zero attached hydrogens (tertiary/aromatic N) is 1. The number of para-hydroxylation sites is 1. The molecule has 0 saturated carbocycles. The average molecular weight is 444 g/mol. The van der Waals surface area contributed by atoms with Gasteiger partial charge in [-0.05, 0) is 61.1 Å². The largest absolute Gasteiger partial charge is 0.358 e. The van der Waals surface area contributed by atoms with Crippen molar-refractivity contribution in [1.29, 1.82) is 0 Å². The van der Waals surface area contributed by atoms with Crippen LogP contribution in [0.1, 0.15) is 35.0 Å². The first kappa shape index (κ1) is 20.8.